The van der Waals surface area contributed by atoms with Crippen molar-refractivity contribution in [3.8, 4) is 0 Å². The van der Waals surface area contributed by atoms with Gasteiger partial charge in [-0.3, -0.25) is 0 Å². The van der Waals surface area contributed by atoms with Crippen LogP contribution >= 0.6 is 0 Å². The molecule has 94 valence electrons. The first-order valence-electron chi connectivity index (χ1n) is 6.25. The zero-order chi connectivity index (χ0) is 13.2. The Morgan fingerprint density at radius 1 is 1.33 bits per heavy atom. The summed E-state index contributed by atoms with van der Waals surface area (Å²) in [6.07, 6.45) is 3.25. The van der Waals surface area contributed by atoms with Crippen LogP contribution in [0.15, 0.2) is 54.1 Å². The Morgan fingerprint density at radius 2 is 2.00 bits per heavy atom. The third kappa shape index (κ3) is 1.78. The van der Waals surface area contributed by atoms with E-state index in [0.29, 0.717) is 6.42 Å². The van der Waals surface area contributed by atoms with E-state index in [1.54, 1.807) is 0 Å². The second-order valence-corrected chi connectivity index (χ2v) is 4.53. The molecule has 0 saturated heterocycles. The van der Waals surface area contributed by atoms with E-state index in [4.69, 9.17) is 4.74 Å². The van der Waals surface area contributed by atoms with Crippen molar-refractivity contribution in [1.82, 2.24) is 0 Å². The standard InChI is InChI=1S/C16H18O2/c1-4-9-14-12(3)15(17)18-16(14,5-2)13-10-7-6-8-11-13/h4,6-8,10-11H,1,5,9H2,2-3H3. The van der Waals surface area contributed by atoms with Gasteiger partial charge in [0.15, 0.2) is 5.60 Å². The lowest BCUT2D eigenvalue weighted by Crippen LogP contribution is -2.28. The van der Waals surface area contributed by atoms with Crippen molar-refractivity contribution < 1.29 is 9.53 Å². The molecule has 0 radical (unpaired) electrons. The molecule has 1 atom stereocenters. The van der Waals surface area contributed by atoms with Crippen LogP contribution in [0.5, 0.6) is 0 Å². The number of hydrogen-bond acceptors (Lipinski definition) is 2. The molecule has 1 aliphatic rings. The van der Waals surface area contributed by atoms with Crippen molar-refractivity contribution in [1.29, 1.82) is 0 Å². The first-order valence-corrected chi connectivity index (χ1v) is 6.25. The highest BCUT2D eigenvalue weighted by Gasteiger charge is 2.45. The van der Waals surface area contributed by atoms with Crippen LogP contribution in [0, 0.1) is 0 Å². The summed E-state index contributed by atoms with van der Waals surface area (Å²) in [5, 5.41) is 0. The summed E-state index contributed by atoms with van der Waals surface area (Å²) in [4.78, 5) is 11.9. The summed E-state index contributed by atoms with van der Waals surface area (Å²) in [5.41, 5.74) is 2.20. The highest BCUT2D eigenvalue weighted by molar-refractivity contribution is 5.92. The molecule has 1 unspecified atom stereocenters. The number of rotatable bonds is 4. The summed E-state index contributed by atoms with van der Waals surface area (Å²) in [6.45, 7) is 7.65. The minimum atomic E-state index is -0.601. The number of ether oxygens (including phenoxy) is 1. The molecular weight excluding hydrogens is 224 g/mol. The number of esters is 1. The lowest BCUT2D eigenvalue weighted by atomic mass is 9.81. The van der Waals surface area contributed by atoms with Gasteiger partial charge < -0.3 is 4.74 Å². The fraction of sp³-hybridized carbons (Fsp3) is 0.312. The third-order valence-electron chi connectivity index (χ3n) is 3.60. The molecule has 0 fully saturated rings. The molecule has 0 saturated carbocycles. The predicted octanol–water partition coefficient (Wildman–Crippen LogP) is 3.74. The molecule has 0 bridgehead atoms. The number of carbonyl (C=O) groups excluding carboxylic acids is 1. The predicted molar refractivity (Wildman–Crippen MR) is 72.0 cm³/mol. The minimum absolute atomic E-state index is 0.211. The van der Waals surface area contributed by atoms with Crippen molar-refractivity contribution in [3.63, 3.8) is 0 Å². The molecule has 2 rings (SSSR count). The molecule has 0 spiro atoms. The van der Waals surface area contributed by atoms with Crippen molar-refractivity contribution in [2.45, 2.75) is 32.3 Å². The Kier molecular flexibility index (Phi) is 3.37. The van der Waals surface area contributed by atoms with E-state index in [9.17, 15) is 4.79 Å². The van der Waals surface area contributed by atoms with Crippen molar-refractivity contribution in [2.24, 2.45) is 0 Å². The van der Waals surface area contributed by atoms with Gasteiger partial charge in [-0.05, 0) is 30.9 Å². The molecule has 1 aromatic carbocycles. The minimum Gasteiger partial charge on any atom is -0.446 e. The fourth-order valence-corrected chi connectivity index (χ4v) is 2.61. The van der Waals surface area contributed by atoms with E-state index in [0.717, 1.165) is 23.1 Å². The Bertz CT molecular complexity index is 499. The Morgan fingerprint density at radius 3 is 2.56 bits per heavy atom. The van der Waals surface area contributed by atoms with Gasteiger partial charge in [-0.2, -0.15) is 0 Å². The second kappa shape index (κ2) is 4.81. The molecule has 1 aliphatic heterocycles. The summed E-state index contributed by atoms with van der Waals surface area (Å²) in [7, 11) is 0. The highest BCUT2D eigenvalue weighted by Crippen LogP contribution is 2.45. The van der Waals surface area contributed by atoms with Gasteiger partial charge in [-0.25, -0.2) is 4.79 Å². The monoisotopic (exact) mass is 242 g/mol. The number of carbonyl (C=O) groups is 1. The van der Waals surface area contributed by atoms with Crippen LogP contribution < -0.4 is 0 Å². The van der Waals surface area contributed by atoms with E-state index < -0.39 is 5.60 Å². The topological polar surface area (TPSA) is 26.3 Å². The van der Waals surface area contributed by atoms with Crippen molar-refractivity contribution >= 4 is 5.97 Å². The zero-order valence-corrected chi connectivity index (χ0v) is 10.9. The van der Waals surface area contributed by atoms with Gasteiger partial charge in [0.25, 0.3) is 0 Å². The maximum Gasteiger partial charge on any atom is 0.335 e. The smallest absolute Gasteiger partial charge is 0.335 e. The number of cyclic esters (lactones) is 1. The van der Waals surface area contributed by atoms with E-state index in [2.05, 4.69) is 6.58 Å². The molecule has 18 heavy (non-hydrogen) atoms. The molecule has 0 aliphatic carbocycles. The second-order valence-electron chi connectivity index (χ2n) is 4.53. The summed E-state index contributed by atoms with van der Waals surface area (Å²) < 4.78 is 5.70. The largest absolute Gasteiger partial charge is 0.446 e. The van der Waals surface area contributed by atoms with Crippen LogP contribution in [0.3, 0.4) is 0 Å². The lowest BCUT2D eigenvalue weighted by molar-refractivity contribution is -0.148. The maximum absolute atomic E-state index is 11.9. The van der Waals surface area contributed by atoms with E-state index in [1.165, 1.54) is 0 Å². The van der Waals surface area contributed by atoms with Crippen molar-refractivity contribution in [2.75, 3.05) is 0 Å². The van der Waals surface area contributed by atoms with Crippen LogP contribution in [0.25, 0.3) is 0 Å². The zero-order valence-electron chi connectivity index (χ0n) is 10.9. The molecule has 1 heterocycles. The van der Waals surface area contributed by atoms with Gasteiger partial charge in [0, 0.05) is 5.57 Å². The van der Waals surface area contributed by atoms with E-state index in [1.807, 2.05) is 50.3 Å². The first-order chi connectivity index (χ1) is 8.65. The summed E-state index contributed by atoms with van der Waals surface area (Å²) in [5.74, 6) is -0.211. The SMILES string of the molecule is C=CCC1=C(C)C(=O)OC1(CC)c1ccccc1. The number of hydrogen-bond donors (Lipinski definition) is 0. The van der Waals surface area contributed by atoms with Crippen LogP contribution in [0.2, 0.25) is 0 Å². The van der Waals surface area contributed by atoms with E-state index in [-0.39, 0.29) is 5.97 Å². The Hall–Kier alpha value is -1.83. The third-order valence-corrected chi connectivity index (χ3v) is 3.60. The number of benzene rings is 1. The molecule has 2 nitrogen and oxygen atoms in total. The lowest BCUT2D eigenvalue weighted by Gasteiger charge is -2.30. The van der Waals surface area contributed by atoms with E-state index >= 15 is 0 Å². The van der Waals surface area contributed by atoms with Crippen LogP contribution in [0.4, 0.5) is 0 Å². The van der Waals surface area contributed by atoms with Gasteiger partial charge in [-0.1, -0.05) is 43.3 Å². The molecule has 0 aromatic heterocycles. The fourth-order valence-electron chi connectivity index (χ4n) is 2.61. The summed E-state index contributed by atoms with van der Waals surface area (Å²) >= 11 is 0. The van der Waals surface area contributed by atoms with Gasteiger partial charge in [0.1, 0.15) is 0 Å². The average molecular weight is 242 g/mol. The van der Waals surface area contributed by atoms with Gasteiger partial charge in [-0.15, -0.1) is 6.58 Å². The van der Waals surface area contributed by atoms with Gasteiger partial charge >= 0.3 is 5.97 Å². The van der Waals surface area contributed by atoms with Crippen LogP contribution in [-0.4, -0.2) is 5.97 Å². The maximum atomic E-state index is 11.9. The van der Waals surface area contributed by atoms with Gasteiger partial charge in [0.05, 0.1) is 0 Å². The Labute approximate surface area is 108 Å². The van der Waals surface area contributed by atoms with Crippen LogP contribution in [0.1, 0.15) is 32.3 Å². The van der Waals surface area contributed by atoms with Gasteiger partial charge in [0.2, 0.25) is 0 Å². The van der Waals surface area contributed by atoms with Crippen LogP contribution in [-0.2, 0) is 15.1 Å². The summed E-state index contributed by atoms with van der Waals surface area (Å²) in [6, 6.07) is 9.93. The normalized spacial score (nSPS) is 23.1. The first kappa shape index (κ1) is 12.6. The molecule has 0 N–H and O–H groups in total. The molecule has 2 heteroatoms. The molecule has 0 amide bonds. The highest BCUT2D eigenvalue weighted by atomic mass is 16.6. The quantitative estimate of drug-likeness (QED) is 0.594. The molecule has 1 aromatic rings. The Balaban J connectivity index is 2.57. The molecular formula is C16H18O2. The average Bonchev–Trinajstić information content (AvgIpc) is 2.66. The van der Waals surface area contributed by atoms with Crippen molar-refractivity contribution in [3.05, 3.63) is 59.7 Å². The number of allylic oxidation sites excluding steroid dienone is 1.